The molecule has 0 spiro atoms. The van der Waals surface area contributed by atoms with Crippen molar-refractivity contribution in [3.63, 3.8) is 0 Å². The van der Waals surface area contributed by atoms with Crippen LogP contribution in [0.25, 0.3) is 6.08 Å². The Balaban J connectivity index is 1.77. The van der Waals surface area contributed by atoms with E-state index in [4.69, 9.17) is 19.5 Å². The highest BCUT2D eigenvalue weighted by Crippen LogP contribution is 2.40. The Morgan fingerprint density at radius 3 is 2.76 bits per heavy atom. The van der Waals surface area contributed by atoms with Gasteiger partial charge in [0.05, 0.1) is 14.2 Å². The normalized spacial score (nSPS) is 23.3. The van der Waals surface area contributed by atoms with Crippen molar-refractivity contribution in [1.82, 2.24) is 4.90 Å². The fourth-order valence-electron chi connectivity index (χ4n) is 4.39. The molecule has 1 heterocycles. The molecule has 1 amide bonds. The molecule has 3 rings (SSSR count). The molecule has 7 nitrogen and oxygen atoms in total. The SMILES string of the molecule is COC(=O)C1CC2CCCCC2N1C(=O)/C=C/c1ccc(OCC#N)c(OC)c1. The van der Waals surface area contributed by atoms with Gasteiger partial charge in [-0.1, -0.05) is 18.9 Å². The van der Waals surface area contributed by atoms with Crippen molar-refractivity contribution in [3.05, 3.63) is 29.8 Å². The Morgan fingerprint density at radius 1 is 1.24 bits per heavy atom. The third-order valence-electron chi connectivity index (χ3n) is 5.71. The second kappa shape index (κ2) is 9.46. The number of ether oxygens (including phenoxy) is 3. The van der Waals surface area contributed by atoms with Crippen molar-refractivity contribution in [2.75, 3.05) is 20.8 Å². The van der Waals surface area contributed by atoms with E-state index >= 15 is 0 Å². The van der Waals surface area contributed by atoms with Gasteiger partial charge in [0.2, 0.25) is 5.91 Å². The zero-order chi connectivity index (χ0) is 20.8. The number of carbonyl (C=O) groups excluding carboxylic acids is 2. The van der Waals surface area contributed by atoms with E-state index in [1.807, 2.05) is 6.07 Å². The maximum Gasteiger partial charge on any atom is 0.328 e. The van der Waals surface area contributed by atoms with Gasteiger partial charge in [0.1, 0.15) is 12.1 Å². The van der Waals surface area contributed by atoms with Crippen LogP contribution >= 0.6 is 0 Å². The smallest absolute Gasteiger partial charge is 0.328 e. The molecule has 1 saturated heterocycles. The van der Waals surface area contributed by atoms with Crippen LogP contribution in [0.5, 0.6) is 11.5 Å². The Bertz CT molecular complexity index is 829. The van der Waals surface area contributed by atoms with E-state index in [2.05, 4.69) is 0 Å². The second-order valence-corrected chi connectivity index (χ2v) is 7.32. The predicted molar refractivity (Wildman–Crippen MR) is 106 cm³/mol. The number of fused-ring (bicyclic) bond motifs is 1. The summed E-state index contributed by atoms with van der Waals surface area (Å²) in [5.41, 5.74) is 0.758. The zero-order valence-corrected chi connectivity index (χ0v) is 16.8. The average molecular weight is 398 g/mol. The molecule has 3 atom stereocenters. The van der Waals surface area contributed by atoms with Gasteiger partial charge in [-0.05, 0) is 49.0 Å². The van der Waals surface area contributed by atoms with Crippen LogP contribution in [0.4, 0.5) is 0 Å². The molecule has 1 saturated carbocycles. The summed E-state index contributed by atoms with van der Waals surface area (Å²) in [4.78, 5) is 27.0. The van der Waals surface area contributed by atoms with Crippen molar-refractivity contribution in [1.29, 1.82) is 5.26 Å². The van der Waals surface area contributed by atoms with Crippen molar-refractivity contribution in [3.8, 4) is 17.6 Å². The molecule has 0 aromatic heterocycles. The maximum atomic E-state index is 13.0. The summed E-state index contributed by atoms with van der Waals surface area (Å²) in [5, 5.41) is 8.65. The van der Waals surface area contributed by atoms with Gasteiger partial charge < -0.3 is 19.1 Å². The lowest BCUT2D eigenvalue weighted by Crippen LogP contribution is -2.45. The van der Waals surface area contributed by atoms with Crippen LogP contribution in [0.15, 0.2) is 24.3 Å². The van der Waals surface area contributed by atoms with Crippen molar-refractivity contribution < 1.29 is 23.8 Å². The Labute approximate surface area is 170 Å². The lowest BCUT2D eigenvalue weighted by molar-refractivity contribution is -0.150. The highest BCUT2D eigenvalue weighted by molar-refractivity contribution is 5.95. The van der Waals surface area contributed by atoms with E-state index in [0.29, 0.717) is 23.8 Å². The molecule has 2 aliphatic rings. The Kier molecular flexibility index (Phi) is 6.76. The van der Waals surface area contributed by atoms with Gasteiger partial charge in [-0.3, -0.25) is 4.79 Å². The first-order chi connectivity index (χ1) is 14.1. The maximum absolute atomic E-state index is 13.0. The van der Waals surface area contributed by atoms with Crippen LogP contribution < -0.4 is 9.47 Å². The fraction of sp³-hybridized carbons (Fsp3) is 0.500. The molecule has 1 aliphatic carbocycles. The highest BCUT2D eigenvalue weighted by Gasteiger charge is 2.47. The number of esters is 1. The van der Waals surface area contributed by atoms with Gasteiger partial charge in [0, 0.05) is 12.1 Å². The summed E-state index contributed by atoms with van der Waals surface area (Å²) < 4.78 is 15.6. The van der Waals surface area contributed by atoms with E-state index in [9.17, 15) is 9.59 Å². The third-order valence-corrected chi connectivity index (χ3v) is 5.71. The number of hydrogen-bond acceptors (Lipinski definition) is 6. The molecule has 0 radical (unpaired) electrons. The van der Waals surface area contributed by atoms with E-state index < -0.39 is 6.04 Å². The molecular weight excluding hydrogens is 372 g/mol. The van der Waals surface area contributed by atoms with Gasteiger partial charge in [0.15, 0.2) is 18.1 Å². The minimum atomic E-state index is -0.512. The summed E-state index contributed by atoms with van der Waals surface area (Å²) >= 11 is 0. The summed E-state index contributed by atoms with van der Waals surface area (Å²) in [6, 6.07) is 6.72. The number of hydrogen-bond donors (Lipinski definition) is 0. The van der Waals surface area contributed by atoms with E-state index in [1.165, 1.54) is 20.3 Å². The average Bonchev–Trinajstić information content (AvgIpc) is 3.15. The first-order valence-electron chi connectivity index (χ1n) is 9.85. The molecular formula is C22H26N2O5. The van der Waals surface area contributed by atoms with Crippen LogP contribution in [0.3, 0.4) is 0 Å². The number of nitriles is 1. The minimum Gasteiger partial charge on any atom is -0.493 e. The highest BCUT2D eigenvalue weighted by atomic mass is 16.5. The Morgan fingerprint density at radius 2 is 2.03 bits per heavy atom. The molecule has 2 fully saturated rings. The number of likely N-dealkylation sites (tertiary alicyclic amines) is 1. The number of benzene rings is 1. The molecule has 154 valence electrons. The van der Waals surface area contributed by atoms with Gasteiger partial charge in [0.25, 0.3) is 0 Å². The van der Waals surface area contributed by atoms with Gasteiger partial charge in [-0.25, -0.2) is 4.79 Å². The molecule has 29 heavy (non-hydrogen) atoms. The molecule has 7 heteroatoms. The number of carbonyl (C=O) groups is 2. The van der Waals surface area contributed by atoms with Crippen molar-refractivity contribution in [2.24, 2.45) is 5.92 Å². The number of rotatable bonds is 6. The molecule has 0 bridgehead atoms. The first-order valence-corrected chi connectivity index (χ1v) is 9.85. The van der Waals surface area contributed by atoms with E-state index in [0.717, 1.165) is 31.2 Å². The number of methoxy groups -OCH3 is 2. The standard InChI is InChI=1S/C22H26N2O5/c1-27-20-13-15(7-9-19(20)29-12-11-23)8-10-21(25)24-17-6-4-3-5-16(17)14-18(24)22(26)28-2/h7-10,13,16-18H,3-6,12,14H2,1-2H3/b10-8+. The lowest BCUT2D eigenvalue weighted by Gasteiger charge is -2.32. The van der Waals surface area contributed by atoms with Crippen LogP contribution in [0, 0.1) is 17.2 Å². The summed E-state index contributed by atoms with van der Waals surface area (Å²) in [5.74, 6) is 0.783. The molecule has 3 unspecified atom stereocenters. The third kappa shape index (κ3) is 4.53. The van der Waals surface area contributed by atoms with Crippen molar-refractivity contribution in [2.45, 2.75) is 44.2 Å². The minimum absolute atomic E-state index is 0.0730. The van der Waals surface area contributed by atoms with Gasteiger partial charge in [-0.2, -0.15) is 5.26 Å². The molecule has 0 N–H and O–H groups in total. The molecule has 1 aromatic carbocycles. The van der Waals surface area contributed by atoms with Crippen LogP contribution in [0.2, 0.25) is 0 Å². The quantitative estimate of drug-likeness (QED) is 0.541. The molecule has 1 aliphatic heterocycles. The zero-order valence-electron chi connectivity index (χ0n) is 16.8. The van der Waals surface area contributed by atoms with Gasteiger partial charge >= 0.3 is 5.97 Å². The Hall–Kier alpha value is -3.01. The van der Waals surface area contributed by atoms with Gasteiger partial charge in [-0.15, -0.1) is 0 Å². The first kappa shape index (κ1) is 20.7. The summed E-state index contributed by atoms with van der Waals surface area (Å²) in [7, 11) is 2.88. The second-order valence-electron chi connectivity index (χ2n) is 7.32. The monoisotopic (exact) mass is 398 g/mol. The van der Waals surface area contributed by atoms with Crippen LogP contribution in [-0.4, -0.2) is 49.7 Å². The topological polar surface area (TPSA) is 88.9 Å². The van der Waals surface area contributed by atoms with E-state index in [-0.39, 0.29) is 24.5 Å². The fourth-order valence-corrected chi connectivity index (χ4v) is 4.39. The molecule has 1 aromatic rings. The summed E-state index contributed by atoms with van der Waals surface area (Å²) in [6.07, 6.45) is 8.07. The predicted octanol–water partition coefficient (Wildman–Crippen LogP) is 2.94. The largest absolute Gasteiger partial charge is 0.493 e. The number of amides is 1. The van der Waals surface area contributed by atoms with Crippen LogP contribution in [0.1, 0.15) is 37.7 Å². The lowest BCUT2D eigenvalue weighted by atomic mass is 9.85. The van der Waals surface area contributed by atoms with Crippen molar-refractivity contribution >= 4 is 18.0 Å². The summed E-state index contributed by atoms with van der Waals surface area (Å²) in [6.45, 7) is -0.0730. The van der Waals surface area contributed by atoms with Crippen LogP contribution in [-0.2, 0) is 14.3 Å². The number of nitrogens with zero attached hydrogens (tertiary/aromatic N) is 2. The van der Waals surface area contributed by atoms with E-state index in [1.54, 1.807) is 29.2 Å².